The van der Waals surface area contributed by atoms with Crippen molar-refractivity contribution in [3.8, 4) is 0 Å². The second-order valence-corrected chi connectivity index (χ2v) is 6.03. The molecular weight excluding hydrogens is 310 g/mol. The van der Waals surface area contributed by atoms with E-state index in [-0.39, 0.29) is 19.0 Å². The minimum atomic E-state index is -1.01. The van der Waals surface area contributed by atoms with Crippen LogP contribution in [0.15, 0.2) is 12.1 Å². The average Bonchev–Trinajstić information content (AvgIpc) is 2.47. The standard InChI is InChI=1S/C17H25N3O4/c1-10-6-11(2)16(12(3)7-10)19-14(21)8-18-15(22)9-20(5)13(4)17(23)24/h6-7,13H,8-9H2,1-5H3,(H,18,22)(H,19,21)(H,23,24). The smallest absolute Gasteiger partial charge is 0.320 e. The van der Waals surface area contributed by atoms with E-state index >= 15 is 0 Å². The molecular formula is C17H25N3O4. The van der Waals surface area contributed by atoms with Gasteiger partial charge in [0.05, 0.1) is 13.1 Å². The van der Waals surface area contributed by atoms with E-state index in [1.54, 1.807) is 0 Å². The average molecular weight is 335 g/mol. The molecule has 7 nitrogen and oxygen atoms in total. The summed E-state index contributed by atoms with van der Waals surface area (Å²) in [5.74, 6) is -1.74. The number of amides is 2. The minimum Gasteiger partial charge on any atom is -0.480 e. The largest absolute Gasteiger partial charge is 0.480 e. The van der Waals surface area contributed by atoms with E-state index in [4.69, 9.17) is 5.11 Å². The molecule has 0 aliphatic carbocycles. The van der Waals surface area contributed by atoms with Crippen molar-refractivity contribution >= 4 is 23.5 Å². The van der Waals surface area contributed by atoms with Crippen LogP contribution in [0.5, 0.6) is 0 Å². The van der Waals surface area contributed by atoms with Crippen LogP contribution in [0.4, 0.5) is 5.69 Å². The van der Waals surface area contributed by atoms with Crippen LogP contribution in [-0.4, -0.2) is 54.0 Å². The predicted octanol–water partition coefficient (Wildman–Crippen LogP) is 1.07. The molecule has 0 bridgehead atoms. The van der Waals surface area contributed by atoms with E-state index < -0.39 is 17.9 Å². The Kier molecular flexibility index (Phi) is 6.91. The normalized spacial score (nSPS) is 11.9. The molecule has 0 saturated carbocycles. The first-order valence-corrected chi connectivity index (χ1v) is 7.69. The summed E-state index contributed by atoms with van der Waals surface area (Å²) < 4.78 is 0. The Morgan fingerprint density at radius 1 is 1.12 bits per heavy atom. The van der Waals surface area contributed by atoms with Crippen LogP contribution in [0.3, 0.4) is 0 Å². The molecule has 24 heavy (non-hydrogen) atoms. The van der Waals surface area contributed by atoms with Crippen LogP contribution in [0.1, 0.15) is 23.6 Å². The van der Waals surface area contributed by atoms with Gasteiger partial charge in [-0.25, -0.2) is 0 Å². The van der Waals surface area contributed by atoms with Crippen LogP contribution in [0.25, 0.3) is 0 Å². The fraction of sp³-hybridized carbons (Fsp3) is 0.471. The van der Waals surface area contributed by atoms with Gasteiger partial charge in [-0.15, -0.1) is 0 Å². The Morgan fingerprint density at radius 3 is 2.17 bits per heavy atom. The van der Waals surface area contributed by atoms with Gasteiger partial charge in [-0.05, 0) is 45.9 Å². The molecule has 0 spiro atoms. The Balaban J connectivity index is 2.52. The van der Waals surface area contributed by atoms with Gasteiger partial charge in [-0.1, -0.05) is 17.7 Å². The number of nitrogens with one attached hydrogen (secondary N) is 2. The lowest BCUT2D eigenvalue weighted by atomic mass is 10.1. The molecule has 3 N–H and O–H groups in total. The fourth-order valence-corrected chi connectivity index (χ4v) is 2.35. The summed E-state index contributed by atoms with van der Waals surface area (Å²) in [4.78, 5) is 36.0. The molecule has 0 aliphatic rings. The number of nitrogens with zero attached hydrogens (tertiary/aromatic N) is 1. The van der Waals surface area contributed by atoms with E-state index in [9.17, 15) is 14.4 Å². The molecule has 1 aromatic carbocycles. The number of anilines is 1. The maximum atomic E-state index is 12.0. The summed E-state index contributed by atoms with van der Waals surface area (Å²) in [7, 11) is 1.54. The Labute approximate surface area is 142 Å². The van der Waals surface area contributed by atoms with Crippen LogP contribution in [0.2, 0.25) is 0 Å². The molecule has 0 radical (unpaired) electrons. The second-order valence-electron chi connectivity index (χ2n) is 6.03. The topological polar surface area (TPSA) is 98.7 Å². The van der Waals surface area contributed by atoms with E-state index in [1.807, 2.05) is 32.9 Å². The van der Waals surface area contributed by atoms with Crippen LogP contribution >= 0.6 is 0 Å². The Hall–Kier alpha value is -2.41. The number of carbonyl (C=O) groups is 3. The second kappa shape index (κ2) is 8.44. The summed E-state index contributed by atoms with van der Waals surface area (Å²) in [6.45, 7) is 7.04. The number of carbonyl (C=O) groups excluding carboxylic acids is 2. The number of aryl methyl sites for hydroxylation is 3. The summed E-state index contributed by atoms with van der Waals surface area (Å²) in [5.41, 5.74) is 3.78. The van der Waals surface area contributed by atoms with Gasteiger partial charge in [-0.3, -0.25) is 19.3 Å². The van der Waals surface area contributed by atoms with Crippen molar-refractivity contribution in [2.24, 2.45) is 0 Å². The van der Waals surface area contributed by atoms with Crippen molar-refractivity contribution in [2.75, 3.05) is 25.5 Å². The van der Waals surface area contributed by atoms with Gasteiger partial charge in [0.1, 0.15) is 6.04 Å². The third-order valence-electron chi connectivity index (χ3n) is 3.80. The Morgan fingerprint density at radius 2 is 1.67 bits per heavy atom. The number of carboxylic acids is 1. The number of carboxylic acid groups (broad SMARTS) is 1. The molecule has 1 aromatic rings. The van der Waals surface area contributed by atoms with E-state index in [1.165, 1.54) is 18.9 Å². The highest BCUT2D eigenvalue weighted by molar-refractivity contribution is 5.96. The van der Waals surface area contributed by atoms with Gasteiger partial charge < -0.3 is 15.7 Å². The molecule has 0 aliphatic heterocycles. The van der Waals surface area contributed by atoms with Crippen LogP contribution in [-0.2, 0) is 14.4 Å². The number of likely N-dealkylation sites (N-methyl/N-ethyl adjacent to an activating group) is 1. The van der Waals surface area contributed by atoms with Gasteiger partial charge in [0, 0.05) is 5.69 Å². The summed E-state index contributed by atoms with van der Waals surface area (Å²) in [5, 5.41) is 14.2. The molecule has 0 fully saturated rings. The van der Waals surface area contributed by atoms with Crippen molar-refractivity contribution in [1.82, 2.24) is 10.2 Å². The van der Waals surface area contributed by atoms with Crippen molar-refractivity contribution in [2.45, 2.75) is 33.7 Å². The predicted molar refractivity (Wildman–Crippen MR) is 92.0 cm³/mol. The number of aliphatic carboxylic acids is 1. The zero-order valence-corrected chi connectivity index (χ0v) is 14.8. The highest BCUT2D eigenvalue weighted by Crippen LogP contribution is 2.21. The maximum Gasteiger partial charge on any atom is 0.320 e. The summed E-state index contributed by atoms with van der Waals surface area (Å²) >= 11 is 0. The van der Waals surface area contributed by atoms with E-state index in [0.29, 0.717) is 0 Å². The van der Waals surface area contributed by atoms with Gasteiger partial charge in [0.2, 0.25) is 11.8 Å². The number of hydrogen-bond acceptors (Lipinski definition) is 4. The number of benzene rings is 1. The zero-order chi connectivity index (χ0) is 18.4. The molecule has 132 valence electrons. The third-order valence-corrected chi connectivity index (χ3v) is 3.80. The highest BCUT2D eigenvalue weighted by Gasteiger charge is 2.19. The molecule has 0 aromatic heterocycles. The lowest BCUT2D eigenvalue weighted by molar-refractivity contribution is -0.142. The molecule has 1 atom stereocenters. The third kappa shape index (κ3) is 5.66. The quantitative estimate of drug-likeness (QED) is 0.692. The summed E-state index contributed by atoms with van der Waals surface area (Å²) in [6.07, 6.45) is 0. The van der Waals surface area contributed by atoms with Crippen LogP contribution in [0, 0.1) is 20.8 Å². The molecule has 0 saturated heterocycles. The lowest BCUT2D eigenvalue weighted by Crippen LogP contribution is -2.44. The van der Waals surface area contributed by atoms with Gasteiger partial charge >= 0.3 is 5.97 Å². The first-order valence-electron chi connectivity index (χ1n) is 7.69. The van der Waals surface area contributed by atoms with Crippen molar-refractivity contribution < 1.29 is 19.5 Å². The zero-order valence-electron chi connectivity index (χ0n) is 14.8. The monoisotopic (exact) mass is 335 g/mol. The minimum absolute atomic E-state index is 0.0939. The lowest BCUT2D eigenvalue weighted by Gasteiger charge is -2.20. The molecule has 7 heteroatoms. The van der Waals surface area contributed by atoms with Crippen molar-refractivity contribution in [3.05, 3.63) is 28.8 Å². The van der Waals surface area contributed by atoms with Gasteiger partial charge in [0.25, 0.3) is 0 Å². The van der Waals surface area contributed by atoms with Gasteiger partial charge in [-0.2, -0.15) is 0 Å². The first kappa shape index (κ1) is 19.6. The number of hydrogen-bond donors (Lipinski definition) is 3. The van der Waals surface area contributed by atoms with E-state index in [0.717, 1.165) is 22.4 Å². The van der Waals surface area contributed by atoms with Crippen LogP contribution < -0.4 is 10.6 Å². The van der Waals surface area contributed by atoms with Gasteiger partial charge in [0.15, 0.2) is 0 Å². The molecule has 1 unspecified atom stereocenters. The SMILES string of the molecule is Cc1cc(C)c(NC(=O)CNC(=O)CN(C)C(C)C(=O)O)c(C)c1. The Bertz CT molecular complexity index is 620. The molecule has 2 amide bonds. The van der Waals surface area contributed by atoms with Crippen molar-refractivity contribution in [3.63, 3.8) is 0 Å². The summed E-state index contributed by atoms with van der Waals surface area (Å²) in [6, 6.07) is 3.18. The number of rotatable bonds is 7. The highest BCUT2D eigenvalue weighted by atomic mass is 16.4. The van der Waals surface area contributed by atoms with Crippen molar-refractivity contribution in [1.29, 1.82) is 0 Å². The molecule has 0 heterocycles. The van der Waals surface area contributed by atoms with E-state index in [2.05, 4.69) is 10.6 Å². The maximum absolute atomic E-state index is 12.0. The molecule has 1 rings (SSSR count). The first-order chi connectivity index (χ1) is 11.1. The fourth-order valence-electron chi connectivity index (χ4n) is 2.35.